The van der Waals surface area contributed by atoms with Crippen molar-refractivity contribution in [1.82, 2.24) is 5.32 Å². The quantitative estimate of drug-likeness (QED) is 0.849. The highest BCUT2D eigenvalue weighted by Crippen LogP contribution is 2.27. The molecule has 1 saturated carbocycles. The van der Waals surface area contributed by atoms with Gasteiger partial charge in [0.25, 0.3) is 0 Å². The lowest BCUT2D eigenvalue weighted by molar-refractivity contribution is -0.126. The first-order chi connectivity index (χ1) is 10.5. The molecule has 4 nitrogen and oxygen atoms in total. The van der Waals surface area contributed by atoms with E-state index in [0.29, 0.717) is 13.0 Å². The van der Waals surface area contributed by atoms with Crippen LogP contribution in [0.2, 0.25) is 0 Å². The molecule has 0 heterocycles. The second kappa shape index (κ2) is 7.63. The maximum absolute atomic E-state index is 12.2. The molecule has 1 unspecified atom stereocenters. The predicted molar refractivity (Wildman–Crippen MR) is 86.9 cm³/mol. The molecule has 2 rings (SSSR count). The van der Waals surface area contributed by atoms with Crippen LogP contribution in [0, 0.1) is 5.92 Å². The fourth-order valence-electron chi connectivity index (χ4n) is 3.02. The molecule has 0 aliphatic heterocycles. The van der Waals surface area contributed by atoms with Crippen LogP contribution in [-0.4, -0.2) is 30.3 Å². The van der Waals surface area contributed by atoms with E-state index < -0.39 is 5.60 Å². The van der Waals surface area contributed by atoms with Gasteiger partial charge in [0.1, 0.15) is 5.75 Å². The third-order valence-corrected chi connectivity index (χ3v) is 4.52. The minimum absolute atomic E-state index is 0.00909. The largest absolute Gasteiger partial charge is 0.497 e. The van der Waals surface area contributed by atoms with E-state index >= 15 is 0 Å². The van der Waals surface area contributed by atoms with Crippen molar-refractivity contribution in [2.75, 3.05) is 13.7 Å². The first-order valence-corrected chi connectivity index (χ1v) is 8.15. The van der Waals surface area contributed by atoms with E-state index in [2.05, 4.69) is 5.32 Å². The third kappa shape index (κ3) is 4.73. The van der Waals surface area contributed by atoms with Gasteiger partial charge in [-0.05, 0) is 37.0 Å². The molecule has 1 amide bonds. The Labute approximate surface area is 132 Å². The van der Waals surface area contributed by atoms with Crippen LogP contribution in [0.3, 0.4) is 0 Å². The summed E-state index contributed by atoms with van der Waals surface area (Å²) in [6.45, 7) is 2.29. The molecule has 0 aromatic heterocycles. The van der Waals surface area contributed by atoms with Crippen LogP contribution in [0.25, 0.3) is 0 Å². The monoisotopic (exact) mass is 305 g/mol. The van der Waals surface area contributed by atoms with Gasteiger partial charge in [0, 0.05) is 12.5 Å². The number of amides is 1. The summed E-state index contributed by atoms with van der Waals surface area (Å²) in [6.07, 6.45) is 5.56. The number of carbonyl (C=O) groups excluding carboxylic acids is 1. The molecule has 0 spiro atoms. The summed E-state index contributed by atoms with van der Waals surface area (Å²) in [5, 5.41) is 13.3. The number of methoxy groups -OCH3 is 1. The van der Waals surface area contributed by atoms with Crippen molar-refractivity contribution in [3.8, 4) is 5.75 Å². The lowest BCUT2D eigenvalue weighted by atomic mass is 9.85. The standard InChI is InChI=1S/C18H27NO3/c1-14(12-15-6-8-16(22-2)9-7-15)17(20)19-13-18(21)10-4-3-5-11-18/h6-9,14,21H,3-5,10-13H2,1-2H3,(H,19,20). The van der Waals surface area contributed by atoms with E-state index in [1.165, 1.54) is 6.42 Å². The van der Waals surface area contributed by atoms with Crippen LogP contribution in [0.1, 0.15) is 44.6 Å². The lowest BCUT2D eigenvalue weighted by Gasteiger charge is -2.32. The number of benzene rings is 1. The van der Waals surface area contributed by atoms with E-state index in [1.807, 2.05) is 31.2 Å². The summed E-state index contributed by atoms with van der Waals surface area (Å²) >= 11 is 0. The molecule has 2 N–H and O–H groups in total. The lowest BCUT2D eigenvalue weighted by Crippen LogP contribution is -2.45. The summed E-state index contributed by atoms with van der Waals surface area (Å²) < 4.78 is 5.13. The number of aliphatic hydroxyl groups is 1. The zero-order valence-corrected chi connectivity index (χ0v) is 13.6. The van der Waals surface area contributed by atoms with Gasteiger partial charge in [-0.2, -0.15) is 0 Å². The molecule has 1 atom stereocenters. The van der Waals surface area contributed by atoms with E-state index in [-0.39, 0.29) is 11.8 Å². The Bertz CT molecular complexity index is 478. The zero-order valence-electron chi connectivity index (χ0n) is 13.6. The van der Waals surface area contributed by atoms with Crippen molar-refractivity contribution in [3.63, 3.8) is 0 Å². The molecular weight excluding hydrogens is 278 g/mol. The van der Waals surface area contributed by atoms with Gasteiger partial charge in [-0.3, -0.25) is 4.79 Å². The molecule has 1 aromatic carbocycles. The number of hydrogen-bond donors (Lipinski definition) is 2. The molecular formula is C18H27NO3. The molecule has 122 valence electrons. The highest BCUT2D eigenvalue weighted by atomic mass is 16.5. The van der Waals surface area contributed by atoms with Crippen LogP contribution in [0.15, 0.2) is 24.3 Å². The summed E-state index contributed by atoms with van der Waals surface area (Å²) in [5.74, 6) is 0.718. The first-order valence-electron chi connectivity index (χ1n) is 8.15. The Kier molecular flexibility index (Phi) is 5.83. The minimum atomic E-state index is -0.701. The van der Waals surface area contributed by atoms with E-state index in [1.54, 1.807) is 7.11 Å². The van der Waals surface area contributed by atoms with Crippen molar-refractivity contribution in [3.05, 3.63) is 29.8 Å². The Hall–Kier alpha value is -1.55. The molecule has 4 heteroatoms. The Morgan fingerprint density at radius 3 is 2.50 bits per heavy atom. The second-order valence-corrected chi connectivity index (χ2v) is 6.46. The van der Waals surface area contributed by atoms with Gasteiger partial charge in [-0.1, -0.05) is 38.3 Å². The van der Waals surface area contributed by atoms with Crippen molar-refractivity contribution in [2.24, 2.45) is 5.92 Å². The van der Waals surface area contributed by atoms with Crippen molar-refractivity contribution in [1.29, 1.82) is 0 Å². The fourth-order valence-corrected chi connectivity index (χ4v) is 3.02. The maximum atomic E-state index is 12.2. The number of carbonyl (C=O) groups is 1. The van der Waals surface area contributed by atoms with Crippen LogP contribution in [0.5, 0.6) is 5.75 Å². The molecule has 22 heavy (non-hydrogen) atoms. The minimum Gasteiger partial charge on any atom is -0.497 e. The fraction of sp³-hybridized carbons (Fsp3) is 0.611. The van der Waals surface area contributed by atoms with Gasteiger partial charge in [0.15, 0.2) is 0 Å². The molecule has 1 aliphatic carbocycles. The highest BCUT2D eigenvalue weighted by molar-refractivity contribution is 5.78. The predicted octanol–water partition coefficient (Wildman–Crippen LogP) is 2.69. The number of rotatable bonds is 6. The molecule has 0 saturated heterocycles. The molecule has 1 aromatic rings. The van der Waals surface area contributed by atoms with E-state index in [0.717, 1.165) is 37.0 Å². The smallest absolute Gasteiger partial charge is 0.223 e. The van der Waals surface area contributed by atoms with Crippen molar-refractivity contribution < 1.29 is 14.6 Å². The zero-order chi connectivity index (χ0) is 16.0. The van der Waals surface area contributed by atoms with Crippen LogP contribution in [0.4, 0.5) is 0 Å². The van der Waals surface area contributed by atoms with Crippen molar-refractivity contribution in [2.45, 2.75) is 51.0 Å². The van der Waals surface area contributed by atoms with Gasteiger partial charge < -0.3 is 15.2 Å². The summed E-state index contributed by atoms with van der Waals surface area (Å²) in [4.78, 5) is 12.2. The number of ether oxygens (including phenoxy) is 1. The second-order valence-electron chi connectivity index (χ2n) is 6.46. The summed E-state index contributed by atoms with van der Waals surface area (Å²) in [6, 6.07) is 7.78. The molecule has 1 aliphatic rings. The topological polar surface area (TPSA) is 58.6 Å². The van der Waals surface area contributed by atoms with Crippen LogP contribution < -0.4 is 10.1 Å². The Balaban J connectivity index is 1.80. The van der Waals surface area contributed by atoms with E-state index in [4.69, 9.17) is 4.74 Å². The summed E-state index contributed by atoms with van der Waals surface area (Å²) in [5.41, 5.74) is 0.410. The average Bonchev–Trinajstić information content (AvgIpc) is 2.54. The van der Waals surface area contributed by atoms with Gasteiger partial charge in [0.05, 0.1) is 12.7 Å². The Morgan fingerprint density at radius 2 is 1.91 bits per heavy atom. The average molecular weight is 305 g/mol. The van der Waals surface area contributed by atoms with Crippen molar-refractivity contribution >= 4 is 5.91 Å². The van der Waals surface area contributed by atoms with E-state index in [9.17, 15) is 9.90 Å². The molecule has 0 radical (unpaired) electrons. The molecule has 1 fully saturated rings. The number of hydrogen-bond acceptors (Lipinski definition) is 3. The first kappa shape index (κ1) is 16.8. The molecule has 0 bridgehead atoms. The van der Waals surface area contributed by atoms with Crippen LogP contribution >= 0.6 is 0 Å². The number of nitrogens with one attached hydrogen (secondary N) is 1. The van der Waals surface area contributed by atoms with Gasteiger partial charge in [0.2, 0.25) is 5.91 Å². The normalized spacial score (nSPS) is 18.5. The maximum Gasteiger partial charge on any atom is 0.223 e. The Morgan fingerprint density at radius 1 is 1.27 bits per heavy atom. The van der Waals surface area contributed by atoms with Gasteiger partial charge in [-0.15, -0.1) is 0 Å². The van der Waals surface area contributed by atoms with Crippen LogP contribution in [-0.2, 0) is 11.2 Å². The van der Waals surface area contributed by atoms with Gasteiger partial charge >= 0.3 is 0 Å². The third-order valence-electron chi connectivity index (χ3n) is 4.52. The SMILES string of the molecule is COc1ccc(CC(C)C(=O)NCC2(O)CCCCC2)cc1. The van der Waals surface area contributed by atoms with Gasteiger partial charge in [-0.25, -0.2) is 0 Å². The highest BCUT2D eigenvalue weighted by Gasteiger charge is 2.30. The summed E-state index contributed by atoms with van der Waals surface area (Å²) in [7, 11) is 1.64.